The van der Waals surface area contributed by atoms with E-state index in [1.54, 1.807) is 0 Å². The summed E-state index contributed by atoms with van der Waals surface area (Å²) in [5.41, 5.74) is 10.9. The first kappa shape index (κ1) is 22.0. The summed E-state index contributed by atoms with van der Waals surface area (Å²) < 4.78 is 0. The minimum atomic E-state index is -1.40. The van der Waals surface area contributed by atoms with Crippen LogP contribution in [0.15, 0.2) is 0 Å². The number of hydrogen-bond donors (Lipinski definition) is 4. The highest BCUT2D eigenvalue weighted by Crippen LogP contribution is 2.08. The summed E-state index contributed by atoms with van der Waals surface area (Å²) in [5.74, 6) is -3.87. The molecule has 0 bridgehead atoms. The van der Waals surface area contributed by atoms with Gasteiger partial charge >= 0.3 is 11.9 Å². The standard InChI is InChI=1S/C13H21N3O7S/c14-8(13(22)23)2-3-10(18)16(6-11(19)20)12(21)9(15)7-24-5-1-4-17/h4,8-9H,1-3,5-7,14-15H2,(H,19,20)(H,22,23)/t8-,9-/m0/s1. The number of imide groups is 1. The Morgan fingerprint density at radius 1 is 1.12 bits per heavy atom. The van der Waals surface area contributed by atoms with E-state index in [9.17, 15) is 24.0 Å². The molecule has 0 aliphatic carbocycles. The Hall–Kier alpha value is -1.98. The second-order valence-corrected chi connectivity index (χ2v) is 5.98. The molecule has 0 aromatic heterocycles. The lowest BCUT2D eigenvalue weighted by Gasteiger charge is -2.22. The third-order valence-electron chi connectivity index (χ3n) is 2.84. The van der Waals surface area contributed by atoms with Crippen molar-refractivity contribution >= 4 is 41.8 Å². The predicted molar refractivity (Wildman–Crippen MR) is 85.2 cm³/mol. The maximum absolute atomic E-state index is 12.1. The maximum Gasteiger partial charge on any atom is 0.323 e. The highest BCUT2D eigenvalue weighted by molar-refractivity contribution is 7.99. The third-order valence-corrected chi connectivity index (χ3v) is 3.96. The Labute approximate surface area is 142 Å². The predicted octanol–water partition coefficient (Wildman–Crippen LogP) is -1.73. The molecule has 6 N–H and O–H groups in total. The molecule has 0 unspecified atom stereocenters. The smallest absolute Gasteiger partial charge is 0.323 e. The number of amides is 2. The Morgan fingerprint density at radius 3 is 2.25 bits per heavy atom. The first-order valence-electron chi connectivity index (χ1n) is 7.02. The topological polar surface area (TPSA) is 181 Å². The summed E-state index contributed by atoms with van der Waals surface area (Å²) in [4.78, 5) is 56.3. The fraction of sp³-hybridized carbons (Fsp3) is 0.615. The van der Waals surface area contributed by atoms with Crippen molar-refractivity contribution in [2.24, 2.45) is 11.5 Å². The Balaban J connectivity index is 4.74. The van der Waals surface area contributed by atoms with Gasteiger partial charge in [-0.15, -0.1) is 0 Å². The zero-order valence-corrected chi connectivity index (χ0v) is 13.7. The lowest BCUT2D eigenvalue weighted by atomic mass is 10.1. The second kappa shape index (κ2) is 11.5. The van der Waals surface area contributed by atoms with Gasteiger partial charge in [0, 0.05) is 18.6 Å². The van der Waals surface area contributed by atoms with Crippen LogP contribution in [0.3, 0.4) is 0 Å². The molecular formula is C13H21N3O7S. The third kappa shape index (κ3) is 8.60. The molecule has 0 fully saturated rings. The molecule has 2 amide bonds. The molecule has 0 aromatic rings. The van der Waals surface area contributed by atoms with Crippen LogP contribution in [-0.2, 0) is 24.0 Å². The average molecular weight is 363 g/mol. The fourth-order valence-electron chi connectivity index (χ4n) is 1.57. The van der Waals surface area contributed by atoms with E-state index < -0.39 is 48.8 Å². The lowest BCUT2D eigenvalue weighted by Crippen LogP contribution is -2.50. The minimum Gasteiger partial charge on any atom is -0.480 e. The van der Waals surface area contributed by atoms with Gasteiger partial charge < -0.3 is 26.5 Å². The van der Waals surface area contributed by atoms with Crippen LogP contribution in [-0.4, -0.2) is 75.3 Å². The highest BCUT2D eigenvalue weighted by atomic mass is 32.2. The van der Waals surface area contributed by atoms with Gasteiger partial charge in [0.2, 0.25) is 11.8 Å². The van der Waals surface area contributed by atoms with Crippen LogP contribution in [0.25, 0.3) is 0 Å². The second-order valence-electron chi connectivity index (χ2n) is 4.83. The summed E-state index contributed by atoms with van der Waals surface area (Å²) in [6.07, 6.45) is 0.376. The molecule has 0 aromatic carbocycles. The van der Waals surface area contributed by atoms with E-state index >= 15 is 0 Å². The van der Waals surface area contributed by atoms with Crippen LogP contribution < -0.4 is 11.5 Å². The van der Waals surface area contributed by atoms with Gasteiger partial charge in [-0.3, -0.25) is 24.1 Å². The monoisotopic (exact) mass is 363 g/mol. The van der Waals surface area contributed by atoms with Gasteiger partial charge in [0.1, 0.15) is 18.9 Å². The molecule has 0 saturated carbocycles. The van der Waals surface area contributed by atoms with Crippen molar-refractivity contribution in [3.8, 4) is 0 Å². The van der Waals surface area contributed by atoms with E-state index in [4.69, 9.17) is 21.7 Å². The Kier molecular flexibility index (Phi) is 10.6. The van der Waals surface area contributed by atoms with Gasteiger partial charge in [0.15, 0.2) is 0 Å². The van der Waals surface area contributed by atoms with E-state index in [0.717, 1.165) is 0 Å². The van der Waals surface area contributed by atoms with E-state index in [2.05, 4.69) is 0 Å². The molecule has 0 spiro atoms. The van der Waals surface area contributed by atoms with Gasteiger partial charge in [-0.05, 0) is 12.2 Å². The molecule has 0 rings (SSSR count). The van der Waals surface area contributed by atoms with Gasteiger partial charge in [-0.2, -0.15) is 11.8 Å². The van der Waals surface area contributed by atoms with E-state index in [1.807, 2.05) is 0 Å². The molecule has 136 valence electrons. The molecule has 0 aliphatic heterocycles. The van der Waals surface area contributed by atoms with Crippen LogP contribution in [0.5, 0.6) is 0 Å². The molecule has 0 saturated heterocycles. The maximum atomic E-state index is 12.1. The zero-order chi connectivity index (χ0) is 18.7. The number of carbonyl (C=O) groups is 5. The highest BCUT2D eigenvalue weighted by Gasteiger charge is 2.28. The van der Waals surface area contributed by atoms with Crippen LogP contribution in [0.4, 0.5) is 0 Å². The fourth-order valence-corrected chi connectivity index (χ4v) is 2.40. The first-order valence-corrected chi connectivity index (χ1v) is 8.17. The zero-order valence-electron chi connectivity index (χ0n) is 12.9. The molecule has 10 nitrogen and oxygen atoms in total. The first-order chi connectivity index (χ1) is 11.2. The Bertz CT molecular complexity index is 486. The number of carboxylic acid groups (broad SMARTS) is 2. The SMILES string of the molecule is N[C@@H](CCC(=O)N(CC(=O)O)C(=O)[C@@H](N)CSCCC=O)C(=O)O. The summed E-state index contributed by atoms with van der Waals surface area (Å²) in [5, 5.41) is 17.5. The molecule has 0 heterocycles. The normalized spacial score (nSPS) is 12.9. The molecule has 2 atom stereocenters. The summed E-state index contributed by atoms with van der Waals surface area (Å²) in [6, 6.07) is -2.40. The van der Waals surface area contributed by atoms with Gasteiger partial charge in [-0.1, -0.05) is 0 Å². The van der Waals surface area contributed by atoms with Gasteiger partial charge in [0.25, 0.3) is 0 Å². The lowest BCUT2D eigenvalue weighted by molar-refractivity contribution is -0.153. The number of carboxylic acids is 2. The summed E-state index contributed by atoms with van der Waals surface area (Å²) in [7, 11) is 0. The molecule has 0 aliphatic rings. The largest absolute Gasteiger partial charge is 0.480 e. The number of aldehydes is 1. The molecule has 0 radical (unpaired) electrons. The van der Waals surface area contributed by atoms with Crippen LogP contribution in [0.2, 0.25) is 0 Å². The number of nitrogens with two attached hydrogens (primary N) is 2. The molecule has 11 heteroatoms. The number of aliphatic carboxylic acids is 2. The van der Waals surface area contributed by atoms with Gasteiger partial charge in [0.05, 0.1) is 6.04 Å². The number of hydrogen-bond acceptors (Lipinski definition) is 8. The van der Waals surface area contributed by atoms with Crippen LogP contribution in [0.1, 0.15) is 19.3 Å². The van der Waals surface area contributed by atoms with Gasteiger partial charge in [-0.25, -0.2) is 0 Å². The molecular weight excluding hydrogens is 342 g/mol. The van der Waals surface area contributed by atoms with E-state index in [-0.39, 0.29) is 18.6 Å². The number of thioether (sulfide) groups is 1. The Morgan fingerprint density at radius 2 is 1.75 bits per heavy atom. The van der Waals surface area contributed by atoms with Crippen molar-refractivity contribution in [1.29, 1.82) is 0 Å². The van der Waals surface area contributed by atoms with Crippen molar-refractivity contribution in [1.82, 2.24) is 4.90 Å². The average Bonchev–Trinajstić information content (AvgIpc) is 2.52. The number of nitrogens with zero attached hydrogens (tertiary/aromatic N) is 1. The summed E-state index contributed by atoms with van der Waals surface area (Å²) in [6.45, 7) is -0.868. The van der Waals surface area contributed by atoms with E-state index in [1.165, 1.54) is 11.8 Å². The quantitative estimate of drug-likeness (QED) is 0.230. The van der Waals surface area contributed by atoms with Crippen LogP contribution >= 0.6 is 11.8 Å². The van der Waals surface area contributed by atoms with Crippen molar-refractivity contribution in [2.45, 2.75) is 31.3 Å². The number of rotatable bonds is 12. The summed E-state index contributed by atoms with van der Waals surface area (Å²) >= 11 is 1.22. The van der Waals surface area contributed by atoms with Crippen molar-refractivity contribution < 1.29 is 34.2 Å². The van der Waals surface area contributed by atoms with Crippen molar-refractivity contribution in [3.05, 3.63) is 0 Å². The molecule has 24 heavy (non-hydrogen) atoms. The number of carbonyl (C=O) groups excluding carboxylic acids is 3. The minimum absolute atomic E-state index is 0.116. The van der Waals surface area contributed by atoms with E-state index in [0.29, 0.717) is 16.9 Å². The van der Waals surface area contributed by atoms with Crippen LogP contribution in [0, 0.1) is 0 Å². The van der Waals surface area contributed by atoms with Crippen molar-refractivity contribution in [2.75, 3.05) is 18.1 Å². The van der Waals surface area contributed by atoms with Crippen molar-refractivity contribution in [3.63, 3.8) is 0 Å².